The first kappa shape index (κ1) is 19.8. The summed E-state index contributed by atoms with van der Waals surface area (Å²) < 4.78 is 0. The molecule has 10 fully saturated rings. The van der Waals surface area contributed by atoms with Crippen LogP contribution in [-0.4, -0.2) is 52.8 Å². The molecule has 0 aromatic heterocycles. The monoisotopic (exact) mass is 436 g/mol. The van der Waals surface area contributed by atoms with E-state index in [4.69, 9.17) is 0 Å². The van der Waals surface area contributed by atoms with Crippen molar-refractivity contribution in [1.82, 2.24) is 9.80 Å². The second-order valence-electron chi connectivity index (χ2n) is 15.4. The average molecular weight is 437 g/mol. The average Bonchev–Trinajstić information content (AvgIpc) is 2.68. The number of nitrogens with zero attached hydrogens (tertiary/aromatic N) is 2. The molecule has 3 nitrogen and oxygen atoms in total. The van der Waals surface area contributed by atoms with E-state index < -0.39 is 0 Å². The second-order valence-corrected chi connectivity index (χ2v) is 15.4. The van der Waals surface area contributed by atoms with Crippen LogP contribution in [0.2, 0.25) is 0 Å². The van der Waals surface area contributed by atoms with Gasteiger partial charge in [-0.15, -0.1) is 0 Å². The van der Waals surface area contributed by atoms with Crippen molar-refractivity contribution in [2.45, 2.75) is 102 Å². The molecule has 2 aliphatic heterocycles. The van der Waals surface area contributed by atoms with Gasteiger partial charge in [0, 0.05) is 37.3 Å². The van der Waals surface area contributed by atoms with Crippen molar-refractivity contribution in [3.63, 3.8) is 0 Å². The van der Waals surface area contributed by atoms with Crippen LogP contribution in [0.1, 0.15) is 90.9 Å². The summed E-state index contributed by atoms with van der Waals surface area (Å²) in [6.07, 6.45) is 17.7. The Kier molecular flexibility index (Phi) is 3.75. The highest BCUT2D eigenvalue weighted by Crippen LogP contribution is 2.62. The van der Waals surface area contributed by atoms with Gasteiger partial charge in [0.15, 0.2) is 0 Å². The lowest BCUT2D eigenvalue weighted by molar-refractivity contribution is -0.192. The van der Waals surface area contributed by atoms with Gasteiger partial charge in [-0.25, -0.2) is 0 Å². The lowest BCUT2D eigenvalue weighted by Crippen LogP contribution is -2.76. The van der Waals surface area contributed by atoms with E-state index in [2.05, 4.69) is 23.6 Å². The lowest BCUT2D eigenvalue weighted by Gasteiger charge is -2.68. The van der Waals surface area contributed by atoms with Crippen LogP contribution in [0.25, 0.3) is 0 Å². The fourth-order valence-electron chi connectivity index (χ4n) is 12.5. The molecule has 8 saturated carbocycles. The minimum Gasteiger partial charge on any atom is -0.298 e. The van der Waals surface area contributed by atoms with E-state index in [1.807, 2.05) is 0 Å². The smallest absolute Gasteiger partial charge is 0.149 e. The fraction of sp³-hybridized carbons (Fsp3) is 0.966. The number of likely N-dealkylation sites (tertiary alicyclic amines) is 2. The van der Waals surface area contributed by atoms with Gasteiger partial charge in [-0.2, -0.15) is 0 Å². The summed E-state index contributed by atoms with van der Waals surface area (Å²) in [7, 11) is 0. The van der Waals surface area contributed by atoms with Crippen molar-refractivity contribution in [3.05, 3.63) is 0 Å². The molecule has 8 aliphatic carbocycles. The molecule has 10 rings (SSSR count). The zero-order valence-corrected chi connectivity index (χ0v) is 20.6. The van der Waals surface area contributed by atoms with Gasteiger partial charge in [0.25, 0.3) is 0 Å². The van der Waals surface area contributed by atoms with Gasteiger partial charge in [-0.1, -0.05) is 13.8 Å². The van der Waals surface area contributed by atoms with Crippen molar-refractivity contribution < 1.29 is 4.79 Å². The summed E-state index contributed by atoms with van der Waals surface area (Å²) in [6, 6.07) is 0. The third kappa shape index (κ3) is 2.54. The van der Waals surface area contributed by atoms with Crippen molar-refractivity contribution in [2.75, 3.05) is 26.2 Å². The van der Waals surface area contributed by atoms with Crippen molar-refractivity contribution in [2.24, 2.45) is 46.3 Å². The molecule has 2 saturated heterocycles. The van der Waals surface area contributed by atoms with Gasteiger partial charge in [0.1, 0.15) is 5.78 Å². The number of hydrogen-bond acceptors (Lipinski definition) is 3. The van der Waals surface area contributed by atoms with E-state index in [0.717, 1.165) is 61.7 Å². The van der Waals surface area contributed by atoms with E-state index in [-0.39, 0.29) is 10.8 Å². The molecule has 0 spiro atoms. The van der Waals surface area contributed by atoms with Crippen LogP contribution in [0.5, 0.6) is 0 Å². The molecule has 10 bridgehead atoms. The first-order valence-corrected chi connectivity index (χ1v) is 14.3. The maximum absolute atomic E-state index is 13.9. The summed E-state index contributed by atoms with van der Waals surface area (Å²) in [4.78, 5) is 19.8. The Labute approximate surface area is 195 Å². The third-order valence-corrected chi connectivity index (χ3v) is 12.6. The van der Waals surface area contributed by atoms with Crippen LogP contribution in [0.15, 0.2) is 0 Å². The highest BCUT2D eigenvalue weighted by molar-refractivity contribution is 5.92. The largest absolute Gasteiger partial charge is 0.298 e. The molecule has 3 heteroatoms. The Bertz CT molecular complexity index is 709. The van der Waals surface area contributed by atoms with E-state index in [0.29, 0.717) is 16.9 Å². The van der Waals surface area contributed by atoms with Crippen molar-refractivity contribution in [3.8, 4) is 0 Å². The van der Waals surface area contributed by atoms with Crippen LogP contribution in [-0.2, 0) is 4.79 Å². The number of carbonyl (C=O) groups is 1. The summed E-state index contributed by atoms with van der Waals surface area (Å²) in [5.74, 6) is 6.55. The highest BCUT2D eigenvalue weighted by atomic mass is 16.1. The van der Waals surface area contributed by atoms with Crippen molar-refractivity contribution >= 4 is 5.78 Å². The molecule has 176 valence electrons. The predicted molar refractivity (Wildman–Crippen MR) is 126 cm³/mol. The summed E-state index contributed by atoms with van der Waals surface area (Å²) in [5.41, 5.74) is 0.581. The molecule has 2 heterocycles. The number of hydrogen-bond donors (Lipinski definition) is 0. The zero-order valence-electron chi connectivity index (χ0n) is 20.6. The molecule has 0 aromatic carbocycles. The summed E-state index contributed by atoms with van der Waals surface area (Å²) in [6.45, 7) is 8.97. The lowest BCUT2D eigenvalue weighted by atomic mass is 9.50. The Morgan fingerprint density at radius 2 is 0.781 bits per heavy atom. The van der Waals surface area contributed by atoms with Crippen molar-refractivity contribution in [1.29, 1.82) is 0 Å². The topological polar surface area (TPSA) is 23.6 Å². The van der Waals surface area contributed by atoms with Gasteiger partial charge >= 0.3 is 0 Å². The number of fused-ring (bicyclic) bond motifs is 2. The maximum atomic E-state index is 13.9. The Morgan fingerprint density at radius 1 is 0.531 bits per heavy atom. The van der Waals surface area contributed by atoms with Crippen LogP contribution < -0.4 is 0 Å². The molecule has 10 aliphatic rings. The van der Waals surface area contributed by atoms with Crippen LogP contribution >= 0.6 is 0 Å². The maximum Gasteiger partial charge on any atom is 0.149 e. The van der Waals surface area contributed by atoms with Crippen LogP contribution in [0.3, 0.4) is 0 Å². The van der Waals surface area contributed by atoms with Gasteiger partial charge < -0.3 is 0 Å². The Hall–Kier alpha value is -0.410. The first-order chi connectivity index (χ1) is 15.2. The molecule has 0 unspecified atom stereocenters. The quantitative estimate of drug-likeness (QED) is 0.599. The van der Waals surface area contributed by atoms with E-state index in [9.17, 15) is 4.79 Å². The van der Waals surface area contributed by atoms with E-state index in [1.54, 1.807) is 0 Å². The number of Topliss-reactive ketones (excluding diaryl/α,β-unsaturated/α-hetero) is 1. The molecule has 32 heavy (non-hydrogen) atoms. The predicted octanol–water partition coefficient (Wildman–Crippen LogP) is 5.14. The number of rotatable bonds is 2. The highest BCUT2D eigenvalue weighted by Gasteiger charge is 2.64. The molecular formula is C29H44N2O. The van der Waals surface area contributed by atoms with E-state index in [1.165, 1.54) is 77.0 Å². The normalized spacial score (nSPS) is 61.0. The number of carbonyl (C=O) groups excluding carboxylic acids is 1. The number of ketones is 1. The zero-order chi connectivity index (χ0) is 21.5. The van der Waals surface area contributed by atoms with Gasteiger partial charge in [0.2, 0.25) is 0 Å². The van der Waals surface area contributed by atoms with Gasteiger partial charge in [0.05, 0.1) is 10.8 Å². The summed E-state index contributed by atoms with van der Waals surface area (Å²) >= 11 is 0. The molecule has 0 N–H and O–H groups in total. The number of piperidine rings is 2. The Balaban J connectivity index is 1.12. The summed E-state index contributed by atoms with van der Waals surface area (Å²) in [5, 5.41) is 0. The minimum absolute atomic E-state index is 0.155. The Morgan fingerprint density at radius 3 is 1.03 bits per heavy atom. The second kappa shape index (κ2) is 6.04. The molecular weight excluding hydrogens is 392 g/mol. The van der Waals surface area contributed by atoms with E-state index >= 15 is 0 Å². The fourth-order valence-corrected chi connectivity index (χ4v) is 12.5. The SMILES string of the molecule is CC12CN(C34CC5CC(CC(C5)C3)C4)CC(C)(CN(C34CC5CC(CC(C5)C3)C4)C1)C2=O. The first-order valence-electron chi connectivity index (χ1n) is 14.3. The van der Waals surface area contributed by atoms with Crippen LogP contribution in [0.4, 0.5) is 0 Å². The van der Waals surface area contributed by atoms with Gasteiger partial charge in [-0.05, 0) is 113 Å². The van der Waals surface area contributed by atoms with Crippen LogP contribution in [0, 0.1) is 46.3 Å². The molecule has 0 radical (unpaired) electrons. The molecule has 0 atom stereocenters. The molecule has 0 aromatic rings. The standard InChI is InChI=1S/C29H44N2O/c1-26-15-30(28-9-19-3-20(10-28)5-21(4-19)11-28)17-27(2,25(26)32)18-31(16-26)29-12-22-6-23(13-29)8-24(7-22)14-29/h19-24H,3-18H2,1-2H3. The minimum atomic E-state index is -0.155. The van der Waals surface area contributed by atoms with Gasteiger partial charge in [-0.3, -0.25) is 14.6 Å². The third-order valence-electron chi connectivity index (χ3n) is 12.6. The molecule has 0 amide bonds.